The minimum absolute atomic E-state index is 0.0406. The lowest BCUT2D eigenvalue weighted by atomic mass is 9.79. The van der Waals surface area contributed by atoms with Gasteiger partial charge in [-0.1, -0.05) is 0 Å². The highest BCUT2D eigenvalue weighted by Gasteiger charge is 2.38. The summed E-state index contributed by atoms with van der Waals surface area (Å²) in [5, 5.41) is 0. The highest BCUT2D eigenvalue weighted by molar-refractivity contribution is 5.35. The third-order valence-electron chi connectivity index (χ3n) is 3.06. The molecule has 0 bridgehead atoms. The van der Waals surface area contributed by atoms with Gasteiger partial charge >= 0.3 is 0 Å². The number of hydrogen-bond donors (Lipinski definition) is 1. The topological polar surface area (TPSA) is 44.5 Å². The summed E-state index contributed by atoms with van der Waals surface area (Å²) in [6, 6.07) is 4.55. The molecule has 0 spiro atoms. The number of methoxy groups -OCH3 is 1. The molecule has 2 rings (SSSR count). The van der Waals surface area contributed by atoms with Crippen LogP contribution in [0.3, 0.4) is 0 Å². The Morgan fingerprint density at radius 1 is 1.50 bits per heavy atom. The van der Waals surface area contributed by atoms with Crippen molar-refractivity contribution in [1.29, 1.82) is 0 Å². The van der Waals surface area contributed by atoms with Gasteiger partial charge < -0.3 is 15.2 Å². The largest absolute Gasteiger partial charge is 0.496 e. The Kier molecular flexibility index (Phi) is 3.12. The van der Waals surface area contributed by atoms with Crippen LogP contribution in [0.1, 0.15) is 5.56 Å². The van der Waals surface area contributed by atoms with E-state index < -0.39 is 0 Å². The van der Waals surface area contributed by atoms with Crippen LogP contribution in [0.5, 0.6) is 5.75 Å². The second-order valence-electron chi connectivity index (χ2n) is 4.33. The van der Waals surface area contributed by atoms with Gasteiger partial charge in [-0.15, -0.1) is 0 Å². The average molecular weight is 225 g/mol. The van der Waals surface area contributed by atoms with Crippen LogP contribution < -0.4 is 10.5 Å². The summed E-state index contributed by atoms with van der Waals surface area (Å²) < 4.78 is 23.6. The Morgan fingerprint density at radius 3 is 2.75 bits per heavy atom. The maximum Gasteiger partial charge on any atom is 0.123 e. The van der Waals surface area contributed by atoms with Gasteiger partial charge in [0.15, 0.2) is 0 Å². The lowest BCUT2D eigenvalue weighted by Crippen LogP contribution is -2.49. The van der Waals surface area contributed by atoms with E-state index in [0.29, 0.717) is 31.9 Å². The molecule has 3 nitrogen and oxygen atoms in total. The van der Waals surface area contributed by atoms with Crippen molar-refractivity contribution in [1.82, 2.24) is 0 Å². The summed E-state index contributed by atoms with van der Waals surface area (Å²) in [5.41, 5.74) is 6.55. The first-order chi connectivity index (χ1) is 7.69. The fourth-order valence-electron chi connectivity index (χ4n) is 1.97. The van der Waals surface area contributed by atoms with E-state index in [9.17, 15) is 4.39 Å². The molecule has 0 radical (unpaired) electrons. The lowest BCUT2D eigenvalue weighted by Gasteiger charge is -2.40. The fraction of sp³-hybridized carbons (Fsp3) is 0.500. The van der Waals surface area contributed by atoms with Crippen LogP contribution in [-0.4, -0.2) is 26.9 Å². The predicted molar refractivity (Wildman–Crippen MR) is 59.0 cm³/mol. The van der Waals surface area contributed by atoms with E-state index in [1.54, 1.807) is 13.2 Å². The summed E-state index contributed by atoms with van der Waals surface area (Å²) in [4.78, 5) is 0. The Morgan fingerprint density at radius 2 is 2.25 bits per heavy atom. The van der Waals surface area contributed by atoms with Crippen molar-refractivity contribution in [3.8, 4) is 5.75 Å². The molecule has 0 unspecified atom stereocenters. The van der Waals surface area contributed by atoms with Crippen molar-refractivity contribution < 1.29 is 13.9 Å². The smallest absolute Gasteiger partial charge is 0.123 e. The van der Waals surface area contributed by atoms with Crippen LogP contribution in [0.2, 0.25) is 0 Å². The Balaban J connectivity index is 2.22. The second-order valence-corrected chi connectivity index (χ2v) is 4.33. The van der Waals surface area contributed by atoms with Gasteiger partial charge in [-0.05, 0) is 30.2 Å². The fourth-order valence-corrected chi connectivity index (χ4v) is 1.97. The Labute approximate surface area is 94.3 Å². The van der Waals surface area contributed by atoms with Gasteiger partial charge in [-0.25, -0.2) is 4.39 Å². The van der Waals surface area contributed by atoms with Crippen LogP contribution in [0, 0.1) is 11.2 Å². The van der Waals surface area contributed by atoms with Crippen LogP contribution in [0.25, 0.3) is 0 Å². The maximum atomic E-state index is 13.2. The van der Waals surface area contributed by atoms with E-state index in [2.05, 4.69) is 0 Å². The molecular weight excluding hydrogens is 209 g/mol. The first kappa shape index (κ1) is 11.4. The van der Waals surface area contributed by atoms with Gasteiger partial charge in [0.05, 0.1) is 20.3 Å². The first-order valence-electron chi connectivity index (χ1n) is 5.29. The Hall–Kier alpha value is -1.13. The van der Waals surface area contributed by atoms with E-state index in [1.165, 1.54) is 12.1 Å². The third-order valence-corrected chi connectivity index (χ3v) is 3.06. The number of halogens is 1. The molecule has 0 aromatic heterocycles. The molecular formula is C12H16FNO2. The number of benzene rings is 1. The van der Waals surface area contributed by atoms with Crippen molar-refractivity contribution in [2.45, 2.75) is 6.42 Å². The SMILES string of the molecule is COc1ccc(F)cc1CC1(CN)COC1. The molecule has 4 heteroatoms. The molecule has 16 heavy (non-hydrogen) atoms. The molecule has 1 aromatic rings. The van der Waals surface area contributed by atoms with E-state index in [4.69, 9.17) is 15.2 Å². The molecule has 0 saturated carbocycles. The molecule has 1 saturated heterocycles. The molecule has 88 valence electrons. The second kappa shape index (κ2) is 4.39. The zero-order chi connectivity index (χ0) is 11.6. The van der Waals surface area contributed by atoms with Crippen LogP contribution in [0.4, 0.5) is 4.39 Å². The quantitative estimate of drug-likeness (QED) is 0.841. The number of ether oxygens (including phenoxy) is 2. The summed E-state index contributed by atoms with van der Waals surface area (Å²) in [5.74, 6) is 0.462. The number of hydrogen-bond acceptors (Lipinski definition) is 3. The summed E-state index contributed by atoms with van der Waals surface area (Å²) in [7, 11) is 1.59. The molecule has 0 atom stereocenters. The molecule has 1 aromatic carbocycles. The zero-order valence-corrected chi connectivity index (χ0v) is 9.33. The van der Waals surface area contributed by atoms with Crippen LogP contribution in [-0.2, 0) is 11.2 Å². The molecule has 1 aliphatic heterocycles. The predicted octanol–water partition coefficient (Wildman–Crippen LogP) is 1.35. The van der Waals surface area contributed by atoms with E-state index in [1.807, 2.05) is 0 Å². The molecule has 0 aliphatic carbocycles. The maximum absolute atomic E-state index is 13.2. The van der Waals surface area contributed by atoms with E-state index in [0.717, 1.165) is 5.56 Å². The van der Waals surface area contributed by atoms with Crippen molar-refractivity contribution in [3.05, 3.63) is 29.6 Å². The lowest BCUT2D eigenvalue weighted by molar-refractivity contribution is -0.106. The van der Waals surface area contributed by atoms with Crippen LogP contribution >= 0.6 is 0 Å². The number of nitrogens with two attached hydrogens (primary N) is 1. The minimum atomic E-state index is -0.247. The van der Waals surface area contributed by atoms with Crippen molar-refractivity contribution >= 4 is 0 Å². The molecule has 1 fully saturated rings. The Bertz CT molecular complexity index is 372. The molecule has 2 N–H and O–H groups in total. The van der Waals surface area contributed by atoms with Crippen molar-refractivity contribution in [3.63, 3.8) is 0 Å². The van der Waals surface area contributed by atoms with Gasteiger partial charge in [-0.2, -0.15) is 0 Å². The highest BCUT2D eigenvalue weighted by Crippen LogP contribution is 2.33. The summed E-state index contributed by atoms with van der Waals surface area (Å²) >= 11 is 0. The van der Waals surface area contributed by atoms with Gasteiger partial charge in [0.1, 0.15) is 11.6 Å². The van der Waals surface area contributed by atoms with Gasteiger partial charge in [0, 0.05) is 12.0 Å². The highest BCUT2D eigenvalue weighted by atomic mass is 19.1. The number of rotatable bonds is 4. The zero-order valence-electron chi connectivity index (χ0n) is 9.33. The summed E-state index contributed by atoms with van der Waals surface area (Å²) in [6.07, 6.45) is 0.699. The van der Waals surface area contributed by atoms with Crippen molar-refractivity contribution in [2.75, 3.05) is 26.9 Å². The van der Waals surface area contributed by atoms with Gasteiger partial charge in [0.2, 0.25) is 0 Å². The standard InChI is InChI=1S/C12H16FNO2/c1-15-11-3-2-10(13)4-9(11)5-12(6-14)7-16-8-12/h2-4H,5-8,14H2,1H3. The van der Waals surface area contributed by atoms with E-state index >= 15 is 0 Å². The average Bonchev–Trinajstić information content (AvgIpc) is 2.24. The first-order valence-corrected chi connectivity index (χ1v) is 5.29. The minimum Gasteiger partial charge on any atom is -0.496 e. The van der Waals surface area contributed by atoms with Crippen LogP contribution in [0.15, 0.2) is 18.2 Å². The molecule has 1 heterocycles. The van der Waals surface area contributed by atoms with Gasteiger partial charge in [-0.3, -0.25) is 0 Å². The van der Waals surface area contributed by atoms with Gasteiger partial charge in [0.25, 0.3) is 0 Å². The normalized spacial score (nSPS) is 17.9. The molecule has 0 amide bonds. The monoisotopic (exact) mass is 225 g/mol. The van der Waals surface area contributed by atoms with Crippen molar-refractivity contribution in [2.24, 2.45) is 11.1 Å². The molecule has 1 aliphatic rings. The third kappa shape index (κ3) is 2.03. The summed E-state index contributed by atoms with van der Waals surface area (Å²) in [6.45, 7) is 1.83. The van der Waals surface area contributed by atoms with E-state index in [-0.39, 0.29) is 11.2 Å².